The van der Waals surface area contributed by atoms with Crippen LogP contribution in [0.2, 0.25) is 0 Å². The molecule has 3 heteroatoms. The molecule has 0 bridgehead atoms. The van der Waals surface area contributed by atoms with Crippen molar-refractivity contribution in [2.24, 2.45) is 0 Å². The fraction of sp³-hybridized carbons (Fsp3) is 0.333. The fourth-order valence-electron chi connectivity index (χ4n) is 0.701. The van der Waals surface area contributed by atoms with E-state index in [1.807, 2.05) is 6.07 Å². The molecule has 0 saturated heterocycles. The Morgan fingerprint density at radius 3 is 2.75 bits per heavy atom. The lowest BCUT2D eigenvalue weighted by molar-refractivity contribution is -0.119. The van der Waals surface area contributed by atoms with Gasteiger partial charge in [-0.05, 0) is 19.9 Å². The molecule has 0 aliphatic carbocycles. The van der Waals surface area contributed by atoms with Crippen LogP contribution < -0.4 is 4.74 Å². The number of carbonyl (C=O) groups excluding carboxylic acids is 1. The molecule has 0 aliphatic heterocycles. The van der Waals surface area contributed by atoms with Gasteiger partial charge in [0, 0.05) is 12.3 Å². The predicted octanol–water partition coefficient (Wildman–Crippen LogP) is 1.44. The number of nitrogens with zero attached hydrogens (tertiary/aromatic N) is 1. The maximum atomic E-state index is 10.5. The molecule has 64 valence electrons. The minimum atomic E-state index is -0.797. The van der Waals surface area contributed by atoms with E-state index in [0.29, 0.717) is 5.88 Å². The van der Waals surface area contributed by atoms with Gasteiger partial charge in [0.15, 0.2) is 11.9 Å². The minimum Gasteiger partial charge on any atom is -0.464 e. The molecule has 0 saturated carbocycles. The number of hydrogen-bond acceptors (Lipinski definition) is 3. The van der Waals surface area contributed by atoms with Gasteiger partial charge in [-0.1, -0.05) is 6.07 Å². The van der Waals surface area contributed by atoms with Crippen molar-refractivity contribution in [3.8, 4) is 5.88 Å². The second-order valence-corrected chi connectivity index (χ2v) is 2.99. The summed E-state index contributed by atoms with van der Waals surface area (Å²) in [5.74, 6) is 0.467. The Balaban J connectivity index is 2.70. The first-order valence-corrected chi connectivity index (χ1v) is 3.70. The van der Waals surface area contributed by atoms with Crippen molar-refractivity contribution in [1.29, 1.82) is 0 Å². The highest BCUT2D eigenvalue weighted by molar-refractivity contribution is 5.61. The van der Waals surface area contributed by atoms with Gasteiger partial charge in [0.05, 0.1) is 0 Å². The van der Waals surface area contributed by atoms with Crippen molar-refractivity contribution >= 4 is 6.29 Å². The first-order valence-electron chi connectivity index (χ1n) is 3.70. The number of carbonyl (C=O) groups is 1. The van der Waals surface area contributed by atoms with Crippen LogP contribution in [-0.4, -0.2) is 16.9 Å². The van der Waals surface area contributed by atoms with E-state index in [2.05, 4.69) is 4.98 Å². The number of rotatable bonds is 3. The molecular formula is C9H11NO2. The minimum absolute atomic E-state index is 0.467. The molecule has 0 aromatic carbocycles. The van der Waals surface area contributed by atoms with Crippen molar-refractivity contribution < 1.29 is 9.53 Å². The number of aldehydes is 1. The third-order valence-corrected chi connectivity index (χ3v) is 1.29. The first-order chi connectivity index (χ1) is 5.64. The molecule has 0 amide bonds. The van der Waals surface area contributed by atoms with Crippen molar-refractivity contribution in [1.82, 2.24) is 4.98 Å². The normalized spacial score (nSPS) is 10.8. The summed E-state index contributed by atoms with van der Waals surface area (Å²) in [7, 11) is 0. The zero-order valence-electron chi connectivity index (χ0n) is 7.15. The summed E-state index contributed by atoms with van der Waals surface area (Å²) in [5, 5.41) is 0. The van der Waals surface area contributed by atoms with Crippen LogP contribution in [0.1, 0.15) is 13.8 Å². The average molecular weight is 165 g/mol. The van der Waals surface area contributed by atoms with E-state index >= 15 is 0 Å². The van der Waals surface area contributed by atoms with Crippen LogP contribution >= 0.6 is 0 Å². The van der Waals surface area contributed by atoms with Crippen LogP contribution in [0.25, 0.3) is 0 Å². The van der Waals surface area contributed by atoms with Gasteiger partial charge in [-0.3, -0.25) is 4.79 Å². The van der Waals surface area contributed by atoms with Crippen LogP contribution in [0.5, 0.6) is 5.88 Å². The maximum absolute atomic E-state index is 10.5. The second kappa shape index (κ2) is 3.34. The van der Waals surface area contributed by atoms with Crippen molar-refractivity contribution in [3.63, 3.8) is 0 Å². The summed E-state index contributed by atoms with van der Waals surface area (Å²) in [6.07, 6.45) is 2.37. The SMILES string of the molecule is CC(C)(C=O)Oc1ccccn1. The van der Waals surface area contributed by atoms with Crippen molar-refractivity contribution in [2.75, 3.05) is 0 Å². The molecule has 1 aromatic rings. The topological polar surface area (TPSA) is 39.2 Å². The van der Waals surface area contributed by atoms with Crippen LogP contribution in [0.3, 0.4) is 0 Å². The molecule has 0 spiro atoms. The molecule has 0 radical (unpaired) electrons. The molecule has 0 aliphatic rings. The first kappa shape index (κ1) is 8.71. The predicted molar refractivity (Wildman–Crippen MR) is 45.0 cm³/mol. The average Bonchev–Trinajstić information content (AvgIpc) is 2.06. The van der Waals surface area contributed by atoms with E-state index in [9.17, 15) is 4.79 Å². The van der Waals surface area contributed by atoms with Gasteiger partial charge in [0.1, 0.15) is 0 Å². The Labute approximate surface area is 71.4 Å². The van der Waals surface area contributed by atoms with Gasteiger partial charge < -0.3 is 4.74 Å². The van der Waals surface area contributed by atoms with E-state index in [1.165, 1.54) is 0 Å². The van der Waals surface area contributed by atoms with Gasteiger partial charge in [-0.25, -0.2) is 4.98 Å². The third kappa shape index (κ3) is 2.34. The Morgan fingerprint density at radius 2 is 2.25 bits per heavy atom. The number of pyridine rings is 1. The molecule has 1 heterocycles. The largest absolute Gasteiger partial charge is 0.464 e. The molecule has 3 nitrogen and oxygen atoms in total. The van der Waals surface area contributed by atoms with Gasteiger partial charge >= 0.3 is 0 Å². The Bertz CT molecular complexity index is 256. The van der Waals surface area contributed by atoms with Gasteiger partial charge in [0.25, 0.3) is 0 Å². The third-order valence-electron chi connectivity index (χ3n) is 1.29. The zero-order chi connectivity index (χ0) is 9.03. The fourth-order valence-corrected chi connectivity index (χ4v) is 0.701. The molecule has 0 unspecified atom stereocenters. The van der Waals surface area contributed by atoms with Gasteiger partial charge in [0.2, 0.25) is 5.88 Å². The number of aromatic nitrogens is 1. The zero-order valence-corrected chi connectivity index (χ0v) is 7.15. The van der Waals surface area contributed by atoms with Crippen LogP contribution in [0.15, 0.2) is 24.4 Å². The molecule has 0 N–H and O–H groups in total. The molecule has 0 atom stereocenters. The Kier molecular flexibility index (Phi) is 2.43. The lowest BCUT2D eigenvalue weighted by atomic mass is 10.2. The van der Waals surface area contributed by atoms with Crippen LogP contribution in [0, 0.1) is 0 Å². The summed E-state index contributed by atoms with van der Waals surface area (Å²) in [6, 6.07) is 5.31. The molecule has 0 fully saturated rings. The summed E-state index contributed by atoms with van der Waals surface area (Å²) in [4.78, 5) is 14.4. The quantitative estimate of drug-likeness (QED) is 0.636. The van der Waals surface area contributed by atoms with E-state index < -0.39 is 5.60 Å². The monoisotopic (exact) mass is 165 g/mol. The number of ether oxygens (including phenoxy) is 1. The standard InChI is InChI=1S/C9H11NO2/c1-9(2,7-11)12-8-5-3-4-6-10-8/h3-7H,1-2H3. The summed E-state index contributed by atoms with van der Waals surface area (Å²) < 4.78 is 5.27. The lowest BCUT2D eigenvalue weighted by Gasteiger charge is -2.18. The summed E-state index contributed by atoms with van der Waals surface area (Å²) in [6.45, 7) is 3.38. The van der Waals surface area contributed by atoms with E-state index in [4.69, 9.17) is 4.74 Å². The summed E-state index contributed by atoms with van der Waals surface area (Å²) >= 11 is 0. The highest BCUT2D eigenvalue weighted by Crippen LogP contribution is 2.12. The molecule has 1 rings (SSSR count). The Morgan fingerprint density at radius 1 is 1.50 bits per heavy atom. The lowest BCUT2D eigenvalue weighted by Crippen LogP contribution is -2.30. The molecule has 12 heavy (non-hydrogen) atoms. The van der Waals surface area contributed by atoms with Gasteiger partial charge in [-0.2, -0.15) is 0 Å². The van der Waals surface area contributed by atoms with E-state index in [1.54, 1.807) is 32.2 Å². The molecule has 1 aromatic heterocycles. The van der Waals surface area contributed by atoms with Crippen LogP contribution in [-0.2, 0) is 4.79 Å². The van der Waals surface area contributed by atoms with E-state index in [0.717, 1.165) is 6.29 Å². The Hall–Kier alpha value is -1.38. The van der Waals surface area contributed by atoms with Crippen molar-refractivity contribution in [2.45, 2.75) is 19.4 Å². The van der Waals surface area contributed by atoms with Crippen LogP contribution in [0.4, 0.5) is 0 Å². The van der Waals surface area contributed by atoms with E-state index in [-0.39, 0.29) is 0 Å². The highest BCUT2D eigenvalue weighted by atomic mass is 16.5. The van der Waals surface area contributed by atoms with Crippen molar-refractivity contribution in [3.05, 3.63) is 24.4 Å². The highest BCUT2D eigenvalue weighted by Gasteiger charge is 2.18. The maximum Gasteiger partial charge on any atom is 0.214 e. The summed E-state index contributed by atoms with van der Waals surface area (Å²) in [5.41, 5.74) is -0.797. The number of hydrogen-bond donors (Lipinski definition) is 0. The smallest absolute Gasteiger partial charge is 0.214 e. The van der Waals surface area contributed by atoms with Gasteiger partial charge in [-0.15, -0.1) is 0 Å². The second-order valence-electron chi connectivity index (χ2n) is 2.99. The molecular weight excluding hydrogens is 154 g/mol.